The average molecular weight is 854 g/mol. The van der Waals surface area contributed by atoms with Gasteiger partial charge in [-0.2, -0.15) is 4.31 Å². The molecule has 29 heteroatoms. The number of carbonyl (C=O) groups excluding carboxylic acids is 3. The Labute approximate surface area is 310 Å². The van der Waals surface area contributed by atoms with Gasteiger partial charge in [0, 0.05) is 37.1 Å². The summed E-state index contributed by atoms with van der Waals surface area (Å²) in [5.74, 6) is -1.25. The number of nitrogen functional groups attached to an aromatic ring is 1. The van der Waals surface area contributed by atoms with E-state index in [0.29, 0.717) is 0 Å². The Bertz CT molecular complexity index is 1780. The second-order valence-corrected chi connectivity index (χ2v) is 17.7. The van der Waals surface area contributed by atoms with E-state index in [-0.39, 0.29) is 53.8 Å². The lowest BCUT2D eigenvalue weighted by Gasteiger charge is -2.30. The number of nitrogens with one attached hydrogen (secondary N) is 2. The van der Waals surface area contributed by atoms with Crippen LogP contribution in [-0.4, -0.2) is 134 Å². The van der Waals surface area contributed by atoms with E-state index in [0.717, 1.165) is 29.0 Å². The molecular formula is C25H42N7O18P3S. The highest BCUT2D eigenvalue weighted by Gasteiger charge is 2.50. The molecule has 0 saturated carbocycles. The molecule has 1 saturated heterocycles. The van der Waals surface area contributed by atoms with E-state index >= 15 is 0 Å². The number of imidazole rings is 1. The number of fused-ring (bicyclic) bond motifs is 1. The summed E-state index contributed by atoms with van der Waals surface area (Å²) in [4.78, 5) is 86.9. The molecule has 54 heavy (non-hydrogen) atoms. The number of nitrogens with zero attached hydrogens (tertiary/aromatic N) is 4. The molecule has 2 amide bonds. The third kappa shape index (κ3) is 13.9. The van der Waals surface area contributed by atoms with Crippen molar-refractivity contribution in [1.82, 2.24) is 30.2 Å². The normalized spacial score (nSPS) is 22.6. The second-order valence-electron chi connectivity index (χ2n) is 12.3. The molecule has 3 heterocycles. The number of hydrogen-bond donors (Lipinski definition) is 10. The first-order valence-electron chi connectivity index (χ1n) is 15.6. The van der Waals surface area contributed by atoms with Crippen LogP contribution in [0.3, 0.4) is 0 Å². The van der Waals surface area contributed by atoms with Gasteiger partial charge in [-0.05, 0) is 6.92 Å². The zero-order valence-corrected chi connectivity index (χ0v) is 32.3. The first kappa shape index (κ1) is 45.9. The third-order valence-corrected chi connectivity index (χ3v) is 11.2. The number of phosphoric acid groups is 3. The molecule has 0 bridgehead atoms. The molecule has 0 spiro atoms. The van der Waals surface area contributed by atoms with Crippen molar-refractivity contribution in [3.63, 3.8) is 0 Å². The number of rotatable bonds is 21. The number of carbonyl (C=O) groups is 3. The van der Waals surface area contributed by atoms with E-state index in [9.17, 15) is 63.0 Å². The molecule has 8 atom stereocenters. The Morgan fingerprint density at radius 3 is 2.37 bits per heavy atom. The number of ether oxygens (including phenoxy) is 1. The Kier molecular flexibility index (Phi) is 16.2. The van der Waals surface area contributed by atoms with Crippen molar-refractivity contribution in [3.05, 3.63) is 12.7 Å². The summed E-state index contributed by atoms with van der Waals surface area (Å²) in [5, 5.41) is 35.2. The van der Waals surface area contributed by atoms with Gasteiger partial charge in [-0.15, -0.1) is 0 Å². The number of thioether (sulfide) groups is 1. The van der Waals surface area contributed by atoms with Crippen LogP contribution >= 0.6 is 35.2 Å². The lowest BCUT2D eigenvalue weighted by molar-refractivity contribution is -0.137. The van der Waals surface area contributed by atoms with Gasteiger partial charge in [0.1, 0.15) is 36.3 Å². The van der Waals surface area contributed by atoms with E-state index in [1.807, 2.05) is 0 Å². The molecule has 1 aliphatic heterocycles. The molecule has 2 aromatic rings. The van der Waals surface area contributed by atoms with Gasteiger partial charge >= 0.3 is 23.5 Å². The SMILES string of the molecule is C[C@@H](O)CC(=O)SCCNC(=O)CCNC(=O)C(O)C(C)(C)COP(=O)(O)OP(=O)(O)OC[C@H]1O[C@@H](n2cnc3c(N)ncnc32)[C@H](O)[C@H]1OP(=O)(O)O. The maximum absolute atomic E-state index is 12.6. The van der Waals surface area contributed by atoms with Crippen LogP contribution in [0.2, 0.25) is 0 Å². The molecule has 0 aliphatic carbocycles. The Morgan fingerprint density at radius 1 is 1.06 bits per heavy atom. The molecule has 1 fully saturated rings. The summed E-state index contributed by atoms with van der Waals surface area (Å²) < 4.78 is 61.9. The van der Waals surface area contributed by atoms with Crippen molar-refractivity contribution >= 4 is 69.1 Å². The maximum atomic E-state index is 12.6. The Morgan fingerprint density at radius 2 is 1.72 bits per heavy atom. The molecule has 2 aromatic heterocycles. The van der Waals surface area contributed by atoms with E-state index in [1.54, 1.807) is 0 Å². The third-order valence-electron chi connectivity index (χ3n) is 7.23. The molecule has 0 aromatic carbocycles. The quantitative estimate of drug-likeness (QED) is 0.0501. The van der Waals surface area contributed by atoms with Gasteiger partial charge in [-0.1, -0.05) is 25.6 Å². The van der Waals surface area contributed by atoms with E-state index in [1.165, 1.54) is 20.8 Å². The topological polar surface area (TPSA) is 384 Å². The van der Waals surface area contributed by atoms with Crippen molar-refractivity contribution in [2.24, 2.45) is 5.41 Å². The highest BCUT2D eigenvalue weighted by molar-refractivity contribution is 8.13. The minimum absolute atomic E-state index is 0.0259. The highest BCUT2D eigenvalue weighted by atomic mass is 32.2. The summed E-state index contributed by atoms with van der Waals surface area (Å²) in [6.45, 7) is 1.83. The van der Waals surface area contributed by atoms with E-state index in [4.69, 9.17) is 19.5 Å². The molecule has 1 aliphatic rings. The monoisotopic (exact) mass is 853 g/mol. The fourth-order valence-corrected chi connectivity index (χ4v) is 8.22. The second kappa shape index (κ2) is 19.1. The van der Waals surface area contributed by atoms with Crippen molar-refractivity contribution in [1.29, 1.82) is 0 Å². The van der Waals surface area contributed by atoms with Gasteiger partial charge < -0.3 is 56.0 Å². The fourth-order valence-electron chi connectivity index (χ4n) is 4.60. The van der Waals surface area contributed by atoms with Crippen LogP contribution in [0, 0.1) is 5.41 Å². The predicted octanol–water partition coefficient (Wildman–Crippen LogP) is -1.56. The smallest absolute Gasteiger partial charge is 0.393 e. The van der Waals surface area contributed by atoms with Crippen molar-refractivity contribution in [3.8, 4) is 0 Å². The Hall–Kier alpha value is -2.48. The Balaban J connectivity index is 1.51. The molecular weight excluding hydrogens is 811 g/mol. The first-order valence-corrected chi connectivity index (χ1v) is 21.1. The molecule has 306 valence electrons. The van der Waals surface area contributed by atoms with Crippen molar-refractivity contribution in [2.75, 3.05) is 37.8 Å². The zero-order valence-electron chi connectivity index (χ0n) is 28.8. The highest BCUT2D eigenvalue weighted by Crippen LogP contribution is 2.61. The minimum atomic E-state index is -5.57. The lowest BCUT2D eigenvalue weighted by Crippen LogP contribution is -2.46. The molecule has 0 radical (unpaired) electrons. The van der Waals surface area contributed by atoms with Gasteiger partial charge in [0.2, 0.25) is 11.8 Å². The summed E-state index contributed by atoms with van der Waals surface area (Å²) in [7, 11) is -16.4. The van der Waals surface area contributed by atoms with Gasteiger partial charge in [-0.3, -0.25) is 32.5 Å². The number of phosphoric ester groups is 3. The van der Waals surface area contributed by atoms with Crippen molar-refractivity contribution in [2.45, 2.75) is 70.4 Å². The number of hydrogen-bond acceptors (Lipinski definition) is 19. The van der Waals surface area contributed by atoms with Crippen LogP contribution in [-0.2, 0) is 50.7 Å². The predicted molar refractivity (Wildman–Crippen MR) is 183 cm³/mol. The van der Waals surface area contributed by atoms with Crippen LogP contribution in [0.5, 0.6) is 0 Å². The van der Waals surface area contributed by atoms with Crippen LogP contribution in [0.15, 0.2) is 12.7 Å². The van der Waals surface area contributed by atoms with E-state index < -0.39 is 90.7 Å². The van der Waals surface area contributed by atoms with Gasteiger partial charge in [0.15, 0.2) is 22.8 Å². The maximum Gasteiger partial charge on any atom is 0.481 e. The largest absolute Gasteiger partial charge is 0.481 e. The summed E-state index contributed by atoms with van der Waals surface area (Å²) in [5.41, 5.74) is 4.23. The number of aliphatic hydroxyl groups excluding tert-OH is 3. The van der Waals surface area contributed by atoms with E-state index in [2.05, 4.69) is 34.4 Å². The van der Waals surface area contributed by atoms with Crippen LogP contribution in [0.1, 0.15) is 39.8 Å². The molecule has 3 rings (SSSR count). The number of aromatic nitrogens is 4. The minimum Gasteiger partial charge on any atom is -0.393 e. The molecule has 25 nitrogen and oxygen atoms in total. The standard InChI is InChI=1S/C25H42N7O18P3S/c1-13(33)8-16(35)54-7-6-27-15(34)4-5-28-23(38)20(37)25(2,3)10-47-53(44,45)50-52(42,43)46-9-14-19(49-51(39,40)41)18(36)24(48-14)32-12-31-17-21(26)29-11-30-22(17)32/h11-14,18-20,24,33,36-37H,4-10H2,1-3H3,(H,27,34)(H,28,38)(H,42,43)(H,44,45)(H2,26,29,30)(H2,39,40,41)/t13-,14-,18-,19+,20?,24-/m1/s1. The summed E-state index contributed by atoms with van der Waals surface area (Å²) in [6.07, 6.45) is -7.79. The van der Waals surface area contributed by atoms with Crippen LogP contribution < -0.4 is 16.4 Å². The number of amides is 2. The lowest BCUT2D eigenvalue weighted by atomic mass is 9.87. The fraction of sp³-hybridized carbons (Fsp3) is 0.680. The van der Waals surface area contributed by atoms with Gasteiger partial charge in [0.05, 0.1) is 25.6 Å². The molecule has 11 N–H and O–H groups in total. The number of anilines is 1. The van der Waals surface area contributed by atoms with Crippen LogP contribution in [0.25, 0.3) is 11.2 Å². The molecule has 3 unspecified atom stereocenters. The van der Waals surface area contributed by atoms with Crippen molar-refractivity contribution < 1.29 is 85.6 Å². The summed E-state index contributed by atoms with van der Waals surface area (Å²) in [6, 6.07) is 0. The average Bonchev–Trinajstić information content (AvgIpc) is 3.60. The number of aliphatic hydroxyl groups is 3. The first-order chi connectivity index (χ1) is 24.9. The van der Waals surface area contributed by atoms with Gasteiger partial charge in [0.25, 0.3) is 0 Å². The summed E-state index contributed by atoms with van der Waals surface area (Å²) >= 11 is 0.939. The van der Waals surface area contributed by atoms with Gasteiger partial charge in [-0.25, -0.2) is 28.6 Å². The van der Waals surface area contributed by atoms with Crippen LogP contribution in [0.4, 0.5) is 5.82 Å². The number of nitrogens with two attached hydrogens (primary N) is 1. The zero-order chi connectivity index (χ0) is 40.6.